The summed E-state index contributed by atoms with van der Waals surface area (Å²) in [6.45, 7) is 0. The van der Waals surface area contributed by atoms with Crippen LogP contribution in [0, 0.1) is 0 Å². The molecule has 1 heterocycles. The van der Waals surface area contributed by atoms with E-state index in [2.05, 4.69) is 4.98 Å². The number of carbonyl (C=O) groups is 1. The van der Waals surface area contributed by atoms with E-state index in [4.69, 9.17) is 5.73 Å². The van der Waals surface area contributed by atoms with Crippen molar-refractivity contribution in [1.29, 1.82) is 0 Å². The quantitative estimate of drug-likeness (QED) is 0.624. The van der Waals surface area contributed by atoms with Crippen molar-refractivity contribution < 1.29 is 4.79 Å². The highest BCUT2D eigenvalue weighted by molar-refractivity contribution is 5.57. The third-order valence-electron chi connectivity index (χ3n) is 1.37. The molecule has 1 atom stereocenters. The minimum absolute atomic E-state index is 0.404. The molecular weight excluding hydrogens is 140 g/mol. The van der Waals surface area contributed by atoms with Gasteiger partial charge in [0.1, 0.15) is 6.29 Å². The molecule has 0 bridgehead atoms. The lowest BCUT2D eigenvalue weighted by Gasteiger charge is -2.01. The maximum atomic E-state index is 10.2. The van der Waals surface area contributed by atoms with E-state index in [9.17, 15) is 4.79 Å². The fourth-order valence-electron chi connectivity index (χ4n) is 0.839. The Hall–Kier alpha value is -1.22. The lowest BCUT2D eigenvalue weighted by atomic mass is 10.1. The number of nitrogens with two attached hydrogens (primary N) is 1. The Bertz CT molecular complexity index is 223. The summed E-state index contributed by atoms with van der Waals surface area (Å²) in [5.41, 5.74) is 6.40. The molecule has 0 fully saturated rings. The van der Waals surface area contributed by atoms with Crippen LogP contribution in [-0.4, -0.2) is 17.3 Å². The summed E-state index contributed by atoms with van der Waals surface area (Å²) < 4.78 is 0. The number of rotatable bonds is 3. The van der Waals surface area contributed by atoms with Crippen LogP contribution < -0.4 is 5.73 Å². The Labute approximate surface area is 65.2 Å². The molecular formula is C8H10N2O. The van der Waals surface area contributed by atoms with Crippen molar-refractivity contribution in [1.82, 2.24) is 4.98 Å². The van der Waals surface area contributed by atoms with Crippen molar-refractivity contribution in [2.75, 3.05) is 0 Å². The SMILES string of the molecule is N[C@@H](C=O)Cc1cccnc1. The van der Waals surface area contributed by atoms with Crippen LogP contribution in [-0.2, 0) is 11.2 Å². The molecule has 2 N–H and O–H groups in total. The molecule has 0 aromatic carbocycles. The van der Waals surface area contributed by atoms with Gasteiger partial charge in [0, 0.05) is 12.4 Å². The summed E-state index contributed by atoms with van der Waals surface area (Å²) in [6, 6.07) is 3.32. The van der Waals surface area contributed by atoms with E-state index >= 15 is 0 Å². The molecule has 0 aliphatic carbocycles. The van der Waals surface area contributed by atoms with Gasteiger partial charge in [-0.15, -0.1) is 0 Å². The summed E-state index contributed by atoms with van der Waals surface area (Å²) in [6.07, 6.45) is 4.71. The number of aldehydes is 1. The third kappa shape index (κ3) is 2.47. The van der Waals surface area contributed by atoms with Gasteiger partial charge in [0.25, 0.3) is 0 Å². The third-order valence-corrected chi connectivity index (χ3v) is 1.37. The average molecular weight is 150 g/mol. The van der Waals surface area contributed by atoms with Gasteiger partial charge in [0.05, 0.1) is 6.04 Å². The van der Waals surface area contributed by atoms with E-state index in [1.54, 1.807) is 12.4 Å². The zero-order valence-electron chi connectivity index (χ0n) is 6.10. The number of carbonyl (C=O) groups excluding carboxylic acids is 1. The molecule has 0 aliphatic heterocycles. The Morgan fingerprint density at radius 2 is 2.55 bits per heavy atom. The second kappa shape index (κ2) is 3.83. The monoisotopic (exact) mass is 150 g/mol. The van der Waals surface area contributed by atoms with E-state index in [0.29, 0.717) is 6.42 Å². The Morgan fingerprint density at radius 1 is 1.73 bits per heavy atom. The zero-order chi connectivity index (χ0) is 8.10. The molecule has 0 unspecified atom stereocenters. The molecule has 1 aromatic heterocycles. The van der Waals surface area contributed by atoms with Gasteiger partial charge < -0.3 is 10.5 Å². The molecule has 3 nitrogen and oxygen atoms in total. The zero-order valence-corrected chi connectivity index (χ0v) is 6.10. The maximum absolute atomic E-state index is 10.2. The van der Waals surface area contributed by atoms with Gasteiger partial charge in [-0.25, -0.2) is 0 Å². The first-order chi connectivity index (χ1) is 5.33. The first-order valence-corrected chi connectivity index (χ1v) is 3.42. The highest BCUT2D eigenvalue weighted by Gasteiger charge is 2.00. The molecule has 0 aliphatic rings. The van der Waals surface area contributed by atoms with Crippen molar-refractivity contribution in [2.24, 2.45) is 5.73 Å². The van der Waals surface area contributed by atoms with Crippen molar-refractivity contribution in [3.05, 3.63) is 30.1 Å². The smallest absolute Gasteiger partial charge is 0.137 e. The number of pyridine rings is 1. The predicted octanol–water partition coefficient (Wildman–Crippen LogP) is 0.150. The fourth-order valence-corrected chi connectivity index (χ4v) is 0.839. The van der Waals surface area contributed by atoms with E-state index in [1.807, 2.05) is 12.1 Å². The van der Waals surface area contributed by atoms with Gasteiger partial charge in [0.2, 0.25) is 0 Å². The molecule has 3 heteroatoms. The van der Waals surface area contributed by atoms with Crippen molar-refractivity contribution >= 4 is 6.29 Å². The molecule has 0 saturated heterocycles. The second-order valence-electron chi connectivity index (χ2n) is 2.37. The summed E-state index contributed by atoms with van der Waals surface area (Å²) in [4.78, 5) is 14.1. The largest absolute Gasteiger partial charge is 0.321 e. The second-order valence-corrected chi connectivity index (χ2v) is 2.37. The summed E-state index contributed by atoms with van der Waals surface area (Å²) >= 11 is 0. The lowest BCUT2D eigenvalue weighted by Crippen LogP contribution is -2.24. The molecule has 1 rings (SSSR count). The van der Waals surface area contributed by atoms with Gasteiger partial charge in [-0.3, -0.25) is 4.98 Å². The highest BCUT2D eigenvalue weighted by Crippen LogP contribution is 1.97. The average Bonchev–Trinajstić information content (AvgIpc) is 2.06. The Morgan fingerprint density at radius 3 is 3.09 bits per heavy atom. The van der Waals surface area contributed by atoms with Gasteiger partial charge in [-0.2, -0.15) is 0 Å². The molecule has 1 aromatic rings. The van der Waals surface area contributed by atoms with E-state index < -0.39 is 6.04 Å². The molecule has 0 saturated carbocycles. The first kappa shape index (κ1) is 7.88. The summed E-state index contributed by atoms with van der Waals surface area (Å²) in [7, 11) is 0. The molecule has 11 heavy (non-hydrogen) atoms. The first-order valence-electron chi connectivity index (χ1n) is 3.42. The van der Waals surface area contributed by atoms with Gasteiger partial charge in [-0.1, -0.05) is 6.07 Å². The Balaban J connectivity index is 2.57. The minimum Gasteiger partial charge on any atom is -0.321 e. The lowest BCUT2D eigenvalue weighted by molar-refractivity contribution is -0.108. The number of hydrogen-bond donors (Lipinski definition) is 1. The normalized spacial score (nSPS) is 12.5. The molecule has 0 radical (unpaired) electrons. The van der Waals surface area contributed by atoms with Crippen LogP contribution >= 0.6 is 0 Å². The predicted molar refractivity (Wildman–Crippen MR) is 42.0 cm³/mol. The molecule has 58 valence electrons. The van der Waals surface area contributed by atoms with Gasteiger partial charge in [0.15, 0.2) is 0 Å². The number of aromatic nitrogens is 1. The Kier molecular flexibility index (Phi) is 2.74. The van der Waals surface area contributed by atoms with Crippen LogP contribution in [0.25, 0.3) is 0 Å². The highest BCUT2D eigenvalue weighted by atomic mass is 16.1. The number of hydrogen-bond acceptors (Lipinski definition) is 3. The summed E-state index contributed by atoms with van der Waals surface area (Å²) in [5, 5.41) is 0. The van der Waals surface area contributed by atoms with E-state index in [1.165, 1.54) is 0 Å². The van der Waals surface area contributed by atoms with Crippen molar-refractivity contribution in [3.8, 4) is 0 Å². The van der Waals surface area contributed by atoms with Crippen molar-refractivity contribution in [3.63, 3.8) is 0 Å². The van der Waals surface area contributed by atoms with Crippen LogP contribution in [0.5, 0.6) is 0 Å². The van der Waals surface area contributed by atoms with E-state index in [0.717, 1.165) is 11.8 Å². The maximum Gasteiger partial charge on any atom is 0.137 e. The molecule has 0 amide bonds. The standard InChI is InChI=1S/C8H10N2O/c9-8(6-11)4-7-2-1-3-10-5-7/h1-3,5-6,8H,4,9H2/t8-/m1/s1. The fraction of sp³-hybridized carbons (Fsp3) is 0.250. The minimum atomic E-state index is -0.404. The van der Waals surface area contributed by atoms with Crippen LogP contribution in [0.3, 0.4) is 0 Å². The van der Waals surface area contributed by atoms with Crippen LogP contribution in [0.1, 0.15) is 5.56 Å². The van der Waals surface area contributed by atoms with Gasteiger partial charge >= 0.3 is 0 Å². The molecule has 0 spiro atoms. The van der Waals surface area contributed by atoms with Gasteiger partial charge in [-0.05, 0) is 18.1 Å². The summed E-state index contributed by atoms with van der Waals surface area (Å²) in [5.74, 6) is 0. The van der Waals surface area contributed by atoms with Crippen LogP contribution in [0.15, 0.2) is 24.5 Å². The van der Waals surface area contributed by atoms with Crippen LogP contribution in [0.2, 0.25) is 0 Å². The van der Waals surface area contributed by atoms with Crippen LogP contribution in [0.4, 0.5) is 0 Å². The number of nitrogens with zero attached hydrogens (tertiary/aromatic N) is 1. The topological polar surface area (TPSA) is 56.0 Å². The van der Waals surface area contributed by atoms with Crippen molar-refractivity contribution in [2.45, 2.75) is 12.5 Å². The van der Waals surface area contributed by atoms with E-state index in [-0.39, 0.29) is 0 Å².